The van der Waals surface area contributed by atoms with Crippen molar-refractivity contribution in [1.82, 2.24) is 9.55 Å². The predicted octanol–water partition coefficient (Wildman–Crippen LogP) is 4.61. The number of para-hydroxylation sites is 1. The van der Waals surface area contributed by atoms with E-state index in [4.69, 9.17) is 0 Å². The average Bonchev–Trinajstić information content (AvgIpc) is 2.63. The molecule has 3 aromatic rings. The van der Waals surface area contributed by atoms with Crippen LogP contribution in [-0.4, -0.2) is 9.55 Å². The van der Waals surface area contributed by atoms with Crippen LogP contribution >= 0.6 is 0 Å². The lowest BCUT2D eigenvalue weighted by Crippen LogP contribution is -2.15. The summed E-state index contributed by atoms with van der Waals surface area (Å²) in [6.07, 6.45) is 8.54. The minimum atomic E-state index is -0.0807. The van der Waals surface area contributed by atoms with Crippen LogP contribution in [0.2, 0.25) is 0 Å². The SMILES string of the molecule is C=C/C=C(\C=C)Nc1cc(=O)c2cncc(C)c2n1-c1ccccc1.[HH]. The second-order valence-corrected chi connectivity index (χ2v) is 5.60. The highest BCUT2D eigenvalue weighted by molar-refractivity contribution is 5.85. The van der Waals surface area contributed by atoms with E-state index < -0.39 is 0 Å². The summed E-state index contributed by atoms with van der Waals surface area (Å²) in [7, 11) is 0. The number of aryl methyl sites for hydroxylation is 1. The molecule has 0 aliphatic carbocycles. The Kier molecular flexibility index (Phi) is 4.61. The highest BCUT2D eigenvalue weighted by Gasteiger charge is 2.13. The van der Waals surface area contributed by atoms with Crippen LogP contribution in [-0.2, 0) is 0 Å². The second kappa shape index (κ2) is 7.01. The molecule has 126 valence electrons. The maximum absolute atomic E-state index is 12.6. The topological polar surface area (TPSA) is 46.9 Å². The van der Waals surface area contributed by atoms with Crippen molar-refractivity contribution in [3.63, 3.8) is 0 Å². The monoisotopic (exact) mass is 331 g/mol. The van der Waals surface area contributed by atoms with Crippen LogP contribution in [0.5, 0.6) is 0 Å². The Morgan fingerprint density at radius 1 is 1.24 bits per heavy atom. The van der Waals surface area contributed by atoms with Gasteiger partial charge < -0.3 is 5.32 Å². The second-order valence-electron chi connectivity index (χ2n) is 5.60. The van der Waals surface area contributed by atoms with Crippen LogP contribution in [0, 0.1) is 6.92 Å². The largest absolute Gasteiger partial charge is 0.341 e. The molecule has 2 aromatic heterocycles. The fraction of sp³-hybridized carbons (Fsp3) is 0.0476. The van der Waals surface area contributed by atoms with Gasteiger partial charge in [0.15, 0.2) is 5.43 Å². The van der Waals surface area contributed by atoms with E-state index in [1.165, 1.54) is 0 Å². The molecule has 0 saturated heterocycles. The summed E-state index contributed by atoms with van der Waals surface area (Å²) in [5, 5.41) is 3.86. The highest BCUT2D eigenvalue weighted by Crippen LogP contribution is 2.25. The van der Waals surface area contributed by atoms with Gasteiger partial charge in [-0.25, -0.2) is 0 Å². The zero-order chi connectivity index (χ0) is 17.8. The van der Waals surface area contributed by atoms with Gasteiger partial charge in [0.2, 0.25) is 0 Å². The number of benzene rings is 1. The first-order valence-electron chi connectivity index (χ1n) is 7.93. The van der Waals surface area contributed by atoms with E-state index in [2.05, 4.69) is 23.5 Å². The van der Waals surface area contributed by atoms with Gasteiger partial charge in [0.05, 0.1) is 10.9 Å². The van der Waals surface area contributed by atoms with Crippen molar-refractivity contribution >= 4 is 16.7 Å². The molecule has 25 heavy (non-hydrogen) atoms. The van der Waals surface area contributed by atoms with Gasteiger partial charge >= 0.3 is 0 Å². The fourth-order valence-corrected chi connectivity index (χ4v) is 2.80. The molecule has 0 aliphatic rings. The number of hydrogen-bond acceptors (Lipinski definition) is 3. The van der Waals surface area contributed by atoms with Crippen molar-refractivity contribution in [3.05, 3.63) is 102 Å². The zero-order valence-electron chi connectivity index (χ0n) is 14.1. The average molecular weight is 331 g/mol. The van der Waals surface area contributed by atoms with Crippen LogP contribution in [0.15, 0.2) is 90.7 Å². The predicted molar refractivity (Wildman–Crippen MR) is 106 cm³/mol. The van der Waals surface area contributed by atoms with Gasteiger partial charge in [0.25, 0.3) is 0 Å². The highest BCUT2D eigenvalue weighted by atomic mass is 16.1. The van der Waals surface area contributed by atoms with Crippen LogP contribution in [0.25, 0.3) is 16.6 Å². The minimum Gasteiger partial charge on any atom is -0.341 e. The van der Waals surface area contributed by atoms with E-state index in [9.17, 15) is 4.79 Å². The van der Waals surface area contributed by atoms with Gasteiger partial charge in [-0.3, -0.25) is 14.3 Å². The third kappa shape index (κ3) is 3.15. The molecule has 0 fully saturated rings. The lowest BCUT2D eigenvalue weighted by atomic mass is 10.1. The number of allylic oxidation sites excluding steroid dienone is 3. The van der Waals surface area contributed by atoms with Crippen LogP contribution in [0.3, 0.4) is 0 Å². The molecule has 3 rings (SSSR count). The summed E-state index contributed by atoms with van der Waals surface area (Å²) < 4.78 is 2.02. The Morgan fingerprint density at radius 2 is 2.00 bits per heavy atom. The number of rotatable bonds is 5. The van der Waals surface area contributed by atoms with Gasteiger partial charge in [0, 0.05) is 31.3 Å². The summed E-state index contributed by atoms with van der Waals surface area (Å²) >= 11 is 0. The molecule has 1 aromatic carbocycles. The number of nitrogens with one attached hydrogen (secondary N) is 1. The molecule has 0 aliphatic heterocycles. The van der Waals surface area contributed by atoms with Crippen LogP contribution in [0.1, 0.15) is 6.99 Å². The number of hydrogen-bond donors (Lipinski definition) is 1. The standard InChI is InChI=1S/C21H19N3O.H2/c1-4-9-16(5-2)23-20-12-19(25)18-14-22-13-15(3)21(18)24(20)17-10-7-6-8-11-17;/h4-14,23H,1-2H2,3H3;1H/b16-9+;. The third-order valence-electron chi connectivity index (χ3n) is 3.90. The van der Waals surface area contributed by atoms with Crippen LogP contribution in [0.4, 0.5) is 5.82 Å². The van der Waals surface area contributed by atoms with E-state index in [0.29, 0.717) is 11.2 Å². The molecule has 0 unspecified atom stereocenters. The molecular weight excluding hydrogens is 310 g/mol. The Bertz CT molecular complexity index is 1040. The Morgan fingerprint density at radius 3 is 2.68 bits per heavy atom. The third-order valence-corrected chi connectivity index (χ3v) is 3.90. The van der Waals surface area contributed by atoms with Crippen LogP contribution < -0.4 is 10.7 Å². The molecule has 0 atom stereocenters. The molecule has 0 bridgehead atoms. The van der Waals surface area contributed by atoms with Crippen molar-refractivity contribution in [2.24, 2.45) is 0 Å². The molecule has 4 heteroatoms. The Hall–Kier alpha value is -3.40. The number of nitrogens with zero attached hydrogens (tertiary/aromatic N) is 2. The van der Waals surface area contributed by atoms with Gasteiger partial charge in [-0.1, -0.05) is 37.4 Å². The summed E-state index contributed by atoms with van der Waals surface area (Å²) in [5.74, 6) is 0.658. The van der Waals surface area contributed by atoms with Crippen molar-refractivity contribution in [1.29, 1.82) is 0 Å². The molecule has 0 radical (unpaired) electrons. The maximum Gasteiger partial charge on any atom is 0.193 e. The normalized spacial score (nSPS) is 11.3. The first-order chi connectivity index (χ1) is 12.2. The minimum absolute atomic E-state index is 0. The van der Waals surface area contributed by atoms with E-state index in [1.54, 1.807) is 36.7 Å². The molecule has 4 nitrogen and oxygen atoms in total. The van der Waals surface area contributed by atoms with E-state index in [-0.39, 0.29) is 6.86 Å². The number of anilines is 1. The molecule has 0 amide bonds. The lowest BCUT2D eigenvalue weighted by Gasteiger charge is -2.19. The molecular formula is C21H21N3O. The number of aromatic nitrogens is 2. The first kappa shape index (κ1) is 16.5. The molecule has 1 N–H and O–H groups in total. The van der Waals surface area contributed by atoms with Gasteiger partial charge in [-0.15, -0.1) is 0 Å². The van der Waals surface area contributed by atoms with Gasteiger partial charge in [-0.05, 0) is 36.8 Å². The van der Waals surface area contributed by atoms with Gasteiger partial charge in [-0.2, -0.15) is 0 Å². The van der Waals surface area contributed by atoms with Crippen molar-refractivity contribution < 1.29 is 1.43 Å². The Labute approximate surface area is 148 Å². The lowest BCUT2D eigenvalue weighted by molar-refractivity contribution is 1.08. The summed E-state index contributed by atoms with van der Waals surface area (Å²) in [5.41, 5.74) is 3.38. The maximum atomic E-state index is 12.6. The smallest absolute Gasteiger partial charge is 0.193 e. The first-order valence-corrected chi connectivity index (χ1v) is 7.93. The van der Waals surface area contributed by atoms with Crippen molar-refractivity contribution in [3.8, 4) is 5.69 Å². The molecule has 0 saturated carbocycles. The zero-order valence-corrected chi connectivity index (χ0v) is 14.1. The number of pyridine rings is 2. The van der Waals surface area contributed by atoms with E-state index >= 15 is 0 Å². The van der Waals surface area contributed by atoms with Gasteiger partial charge in [0.1, 0.15) is 5.82 Å². The Balaban J connectivity index is 0.00000243. The molecule has 2 heterocycles. The van der Waals surface area contributed by atoms with E-state index in [1.807, 2.05) is 41.8 Å². The fourth-order valence-electron chi connectivity index (χ4n) is 2.80. The van der Waals surface area contributed by atoms with Crippen molar-refractivity contribution in [2.75, 3.05) is 5.32 Å². The van der Waals surface area contributed by atoms with E-state index in [0.717, 1.165) is 22.5 Å². The summed E-state index contributed by atoms with van der Waals surface area (Å²) in [6.45, 7) is 9.47. The molecule has 0 spiro atoms. The number of fused-ring (bicyclic) bond motifs is 1. The quantitative estimate of drug-likeness (QED) is 0.695. The van der Waals surface area contributed by atoms with Crippen molar-refractivity contribution in [2.45, 2.75) is 6.92 Å². The summed E-state index contributed by atoms with van der Waals surface area (Å²) in [6, 6.07) is 11.5. The summed E-state index contributed by atoms with van der Waals surface area (Å²) in [4.78, 5) is 16.8.